The number of thiazole rings is 1. The summed E-state index contributed by atoms with van der Waals surface area (Å²) in [6.45, 7) is 1.98. The van der Waals surface area contributed by atoms with Gasteiger partial charge in [0.2, 0.25) is 5.69 Å². The van der Waals surface area contributed by atoms with Crippen molar-refractivity contribution in [1.29, 1.82) is 0 Å². The zero-order valence-corrected chi connectivity index (χ0v) is 15.1. The summed E-state index contributed by atoms with van der Waals surface area (Å²) in [5.41, 5.74) is 2.51. The second-order valence-corrected chi connectivity index (χ2v) is 6.72. The van der Waals surface area contributed by atoms with Crippen LogP contribution in [0.1, 0.15) is 15.9 Å². The number of anilines is 1. The van der Waals surface area contributed by atoms with Crippen LogP contribution >= 0.6 is 11.3 Å². The average molecular weight is 379 g/mol. The Kier molecular flexibility index (Phi) is 4.39. The first-order valence-corrected chi connectivity index (χ1v) is 9.02. The number of aromatic amines is 1. The molecule has 2 aromatic heterocycles. The van der Waals surface area contributed by atoms with Crippen LogP contribution in [0.3, 0.4) is 0 Å². The Bertz CT molecular complexity index is 1140. The Balaban J connectivity index is 1.64. The third-order valence-electron chi connectivity index (χ3n) is 3.94. The van der Waals surface area contributed by atoms with E-state index in [1.807, 2.05) is 37.3 Å². The Morgan fingerprint density at radius 1 is 1.15 bits per heavy atom. The fourth-order valence-corrected chi connectivity index (χ4v) is 3.26. The zero-order valence-electron chi connectivity index (χ0n) is 14.3. The molecule has 4 rings (SSSR count). The van der Waals surface area contributed by atoms with Gasteiger partial charge in [-0.05, 0) is 29.0 Å². The zero-order chi connectivity index (χ0) is 18.8. The highest BCUT2D eigenvalue weighted by molar-refractivity contribution is 7.14. The number of carbonyl (C=O) groups is 1. The molecule has 7 nitrogen and oxygen atoms in total. The predicted molar refractivity (Wildman–Crippen MR) is 101 cm³/mol. The van der Waals surface area contributed by atoms with Crippen molar-refractivity contribution in [2.45, 2.75) is 6.92 Å². The number of amides is 1. The van der Waals surface area contributed by atoms with E-state index in [1.165, 1.54) is 16.0 Å². The van der Waals surface area contributed by atoms with Gasteiger partial charge in [-0.25, -0.2) is 9.78 Å². The minimum absolute atomic E-state index is 0.260. The lowest BCUT2D eigenvalue weighted by molar-refractivity contribution is -0.660. The van der Waals surface area contributed by atoms with Crippen molar-refractivity contribution in [2.24, 2.45) is 0 Å². The monoisotopic (exact) mass is 379 g/mol. The van der Waals surface area contributed by atoms with Gasteiger partial charge in [-0.3, -0.25) is 14.6 Å². The van der Waals surface area contributed by atoms with Gasteiger partial charge in [-0.2, -0.15) is 0 Å². The lowest BCUT2D eigenvalue weighted by Crippen LogP contribution is -2.36. The number of benzene rings is 2. The number of rotatable bonds is 4. The number of nitrogens with one attached hydrogen (secondary N) is 2. The summed E-state index contributed by atoms with van der Waals surface area (Å²) in [5, 5.41) is 7.43. The van der Waals surface area contributed by atoms with E-state index in [-0.39, 0.29) is 11.6 Å². The van der Waals surface area contributed by atoms with Crippen molar-refractivity contribution in [3.05, 3.63) is 81.5 Å². The molecule has 134 valence electrons. The standard InChI is InChI=1S/C19H14N4O3S/c1-12-7-9-14(10-8-12)23-16(18(25)26-22-23)15-11-27-19(20-15)21-17(24)13-5-3-2-4-6-13/h2-11H,1H3,(H-,20,21,22,24,25)/p+1. The van der Waals surface area contributed by atoms with Crippen LogP contribution in [0.2, 0.25) is 0 Å². The highest BCUT2D eigenvalue weighted by atomic mass is 32.1. The van der Waals surface area contributed by atoms with Gasteiger partial charge in [0.15, 0.2) is 10.8 Å². The Labute approximate surface area is 157 Å². The number of carbonyl (C=O) groups excluding carboxylic acids is 1. The lowest BCUT2D eigenvalue weighted by Gasteiger charge is -2.00. The number of H-pyrrole nitrogens is 1. The van der Waals surface area contributed by atoms with Crippen LogP contribution in [-0.4, -0.2) is 16.2 Å². The second kappa shape index (κ2) is 7.00. The summed E-state index contributed by atoms with van der Waals surface area (Å²) in [6, 6.07) is 16.5. The van der Waals surface area contributed by atoms with Gasteiger partial charge >= 0.3 is 11.3 Å². The topological polar surface area (TPSA) is 91.9 Å². The van der Waals surface area contributed by atoms with Crippen molar-refractivity contribution in [3.63, 3.8) is 0 Å². The van der Waals surface area contributed by atoms with E-state index in [0.717, 1.165) is 11.3 Å². The summed E-state index contributed by atoms with van der Waals surface area (Å²) in [5.74, 6) is -0.260. The fraction of sp³-hybridized carbons (Fsp3) is 0.0526. The van der Waals surface area contributed by atoms with Crippen molar-refractivity contribution < 1.29 is 14.0 Å². The number of nitrogens with zero attached hydrogens (tertiary/aromatic N) is 2. The molecule has 0 aliphatic carbocycles. The molecule has 0 unspecified atom stereocenters. The molecule has 4 aromatic rings. The normalized spacial score (nSPS) is 10.7. The summed E-state index contributed by atoms with van der Waals surface area (Å²) >= 11 is 1.23. The van der Waals surface area contributed by atoms with Crippen molar-refractivity contribution in [1.82, 2.24) is 10.3 Å². The van der Waals surface area contributed by atoms with Crippen LogP contribution < -0.4 is 15.6 Å². The third kappa shape index (κ3) is 3.42. The van der Waals surface area contributed by atoms with Crippen LogP contribution in [-0.2, 0) is 0 Å². The van der Waals surface area contributed by atoms with Crippen LogP contribution in [0.4, 0.5) is 5.13 Å². The van der Waals surface area contributed by atoms with Gasteiger partial charge in [0.1, 0.15) is 0 Å². The smallest absolute Gasteiger partial charge is 0.298 e. The van der Waals surface area contributed by atoms with Gasteiger partial charge in [0.05, 0.1) is 0 Å². The number of hydrogen-bond donors (Lipinski definition) is 2. The molecular weight excluding hydrogens is 364 g/mol. The molecule has 27 heavy (non-hydrogen) atoms. The number of hydrogen-bond acceptors (Lipinski definition) is 5. The van der Waals surface area contributed by atoms with Crippen molar-refractivity contribution in [2.75, 3.05) is 5.32 Å². The van der Waals surface area contributed by atoms with Crippen LogP contribution in [0.5, 0.6) is 0 Å². The van der Waals surface area contributed by atoms with E-state index in [0.29, 0.717) is 16.4 Å². The van der Waals surface area contributed by atoms with Gasteiger partial charge in [0, 0.05) is 23.1 Å². The molecule has 0 aliphatic heterocycles. The minimum Gasteiger partial charge on any atom is -0.298 e. The predicted octanol–water partition coefficient (Wildman–Crippen LogP) is 2.93. The molecule has 2 aromatic carbocycles. The molecule has 0 saturated carbocycles. The Hall–Kier alpha value is -3.52. The van der Waals surface area contributed by atoms with E-state index >= 15 is 0 Å². The molecule has 0 aliphatic rings. The first kappa shape index (κ1) is 16.9. The van der Waals surface area contributed by atoms with E-state index in [1.54, 1.807) is 29.6 Å². The maximum atomic E-state index is 12.3. The van der Waals surface area contributed by atoms with Gasteiger partial charge in [-0.15, -0.1) is 11.3 Å². The van der Waals surface area contributed by atoms with Crippen LogP contribution in [0.25, 0.3) is 17.1 Å². The summed E-state index contributed by atoms with van der Waals surface area (Å²) in [4.78, 5) is 28.8. The van der Waals surface area contributed by atoms with E-state index < -0.39 is 5.63 Å². The molecular formula is C19H15N4O3S+. The maximum Gasteiger partial charge on any atom is 0.437 e. The fourth-order valence-electron chi connectivity index (χ4n) is 2.57. The molecule has 0 atom stereocenters. The average Bonchev–Trinajstić information content (AvgIpc) is 3.29. The van der Waals surface area contributed by atoms with Crippen molar-refractivity contribution in [3.8, 4) is 17.1 Å². The van der Waals surface area contributed by atoms with Gasteiger partial charge in [0.25, 0.3) is 5.91 Å². The molecule has 0 bridgehead atoms. The molecule has 0 saturated heterocycles. The SMILES string of the molecule is Cc1ccc(-[n+]2[nH]oc(=O)c2-c2csc(NC(=O)c3ccccc3)n2)cc1. The van der Waals surface area contributed by atoms with Crippen LogP contribution in [0.15, 0.2) is 69.3 Å². The second-order valence-electron chi connectivity index (χ2n) is 5.86. The minimum atomic E-state index is -0.540. The molecule has 8 heteroatoms. The number of aryl methyl sites for hydroxylation is 1. The summed E-state index contributed by atoms with van der Waals surface area (Å²) in [7, 11) is 0. The highest BCUT2D eigenvalue weighted by Gasteiger charge is 2.27. The largest absolute Gasteiger partial charge is 0.437 e. The quantitative estimate of drug-likeness (QED) is 0.533. The number of aromatic nitrogens is 3. The van der Waals surface area contributed by atoms with Gasteiger partial charge < -0.3 is 0 Å². The van der Waals surface area contributed by atoms with Crippen molar-refractivity contribution >= 4 is 22.4 Å². The lowest BCUT2D eigenvalue weighted by atomic mass is 10.2. The molecule has 0 fully saturated rings. The highest BCUT2D eigenvalue weighted by Crippen LogP contribution is 2.22. The van der Waals surface area contributed by atoms with Crippen LogP contribution in [0, 0.1) is 6.92 Å². The Morgan fingerprint density at radius 2 is 1.89 bits per heavy atom. The molecule has 0 spiro atoms. The first-order valence-electron chi connectivity index (χ1n) is 8.15. The molecule has 2 N–H and O–H groups in total. The Morgan fingerprint density at radius 3 is 2.63 bits per heavy atom. The summed E-state index contributed by atoms with van der Waals surface area (Å²) < 4.78 is 6.48. The first-order chi connectivity index (χ1) is 13.1. The van der Waals surface area contributed by atoms with E-state index in [2.05, 4.69) is 15.6 Å². The van der Waals surface area contributed by atoms with E-state index in [9.17, 15) is 9.59 Å². The third-order valence-corrected chi connectivity index (χ3v) is 4.70. The van der Waals surface area contributed by atoms with Gasteiger partial charge in [-0.1, -0.05) is 35.9 Å². The summed E-state index contributed by atoms with van der Waals surface area (Å²) in [6.07, 6.45) is 0. The maximum absolute atomic E-state index is 12.3. The molecule has 2 heterocycles. The molecule has 0 radical (unpaired) electrons. The van der Waals surface area contributed by atoms with E-state index in [4.69, 9.17) is 4.52 Å². The molecule has 1 amide bonds.